The molecule has 6 nitrogen and oxygen atoms in total. The molecule has 10 atom stereocenters. The monoisotopic (exact) mass is 569 g/mol. The van der Waals surface area contributed by atoms with E-state index in [1.807, 2.05) is 6.08 Å². The average molecular weight is 570 g/mol. The van der Waals surface area contributed by atoms with E-state index < -0.39 is 0 Å². The fraction of sp³-hybridized carbons (Fsp3) is 0.857. The van der Waals surface area contributed by atoms with Crippen LogP contribution in [0.25, 0.3) is 0 Å². The molecule has 230 valence electrons. The number of carbonyl (C=O) groups is 1. The van der Waals surface area contributed by atoms with Crippen molar-refractivity contribution in [1.82, 2.24) is 4.90 Å². The number of rotatable bonds is 9. The summed E-state index contributed by atoms with van der Waals surface area (Å²) in [5.41, 5.74) is 4.86. The molecule has 2 saturated carbocycles. The summed E-state index contributed by atoms with van der Waals surface area (Å²) in [6, 6.07) is 0.485. The quantitative estimate of drug-likeness (QED) is 0.257. The van der Waals surface area contributed by atoms with Gasteiger partial charge in [-0.2, -0.15) is 0 Å². The van der Waals surface area contributed by atoms with E-state index in [0.717, 1.165) is 56.7 Å². The number of piperidine rings is 1. The number of carbonyl (C=O) groups excluding carboxylic acids is 1. The highest BCUT2D eigenvalue weighted by Crippen LogP contribution is 2.61. The van der Waals surface area contributed by atoms with Crippen LogP contribution in [0.15, 0.2) is 22.8 Å². The number of allylic oxidation sites excluding steroid dienone is 3. The Morgan fingerprint density at radius 2 is 1.80 bits per heavy atom. The smallest absolute Gasteiger partial charge is 0.155 e. The van der Waals surface area contributed by atoms with Crippen molar-refractivity contribution in [3.63, 3.8) is 0 Å². The predicted octanol–water partition coefficient (Wildman–Crippen LogP) is 5.85. The molecule has 0 aromatic heterocycles. The second kappa shape index (κ2) is 12.5. The third-order valence-electron chi connectivity index (χ3n) is 12.1. The van der Waals surface area contributed by atoms with Gasteiger partial charge < -0.3 is 18.9 Å². The molecule has 6 rings (SSSR count). The fourth-order valence-corrected chi connectivity index (χ4v) is 10.5. The van der Waals surface area contributed by atoms with Crippen LogP contribution < -0.4 is 0 Å². The molecule has 6 aliphatic rings. The van der Waals surface area contributed by atoms with Crippen LogP contribution in [0.2, 0.25) is 0 Å². The summed E-state index contributed by atoms with van der Waals surface area (Å²) in [4.78, 5) is 15.0. The van der Waals surface area contributed by atoms with E-state index in [1.165, 1.54) is 37.7 Å². The van der Waals surface area contributed by atoms with Crippen LogP contribution in [0.5, 0.6) is 0 Å². The maximum atomic E-state index is 12.3. The first kappa shape index (κ1) is 30.0. The highest BCUT2D eigenvalue weighted by atomic mass is 16.5. The summed E-state index contributed by atoms with van der Waals surface area (Å²) < 4.78 is 23.8. The molecule has 0 aromatic carbocycles. The van der Waals surface area contributed by atoms with Crippen molar-refractivity contribution in [3.8, 4) is 0 Å². The molecule has 0 bridgehead atoms. The molecule has 41 heavy (non-hydrogen) atoms. The molecule has 4 fully saturated rings. The maximum absolute atomic E-state index is 12.3. The molecule has 0 aromatic rings. The summed E-state index contributed by atoms with van der Waals surface area (Å²) in [7, 11) is 1.70. The van der Waals surface area contributed by atoms with Crippen LogP contribution in [-0.4, -0.2) is 81.7 Å². The molecule has 2 aliphatic heterocycles. The zero-order valence-corrected chi connectivity index (χ0v) is 26.4. The molecule has 2 heterocycles. The lowest BCUT2D eigenvalue weighted by molar-refractivity contribution is -0.116. The van der Waals surface area contributed by atoms with Crippen LogP contribution in [0.1, 0.15) is 79.1 Å². The Balaban J connectivity index is 1.12. The molecule has 0 radical (unpaired) electrons. The van der Waals surface area contributed by atoms with Gasteiger partial charge in [0.1, 0.15) is 0 Å². The highest BCUT2D eigenvalue weighted by Gasteiger charge is 2.58. The highest BCUT2D eigenvalue weighted by molar-refractivity contribution is 5.91. The number of fused-ring (bicyclic) bond motifs is 6. The van der Waals surface area contributed by atoms with Gasteiger partial charge in [0.05, 0.1) is 44.7 Å². The Bertz CT molecular complexity index is 1020. The van der Waals surface area contributed by atoms with Gasteiger partial charge in [0, 0.05) is 38.6 Å². The Hall–Kier alpha value is -1.05. The lowest BCUT2D eigenvalue weighted by Crippen LogP contribution is -2.52. The minimum absolute atomic E-state index is 0.0328. The fourth-order valence-electron chi connectivity index (χ4n) is 10.5. The molecule has 2 saturated heterocycles. The molecule has 1 unspecified atom stereocenters. The van der Waals surface area contributed by atoms with Gasteiger partial charge in [-0.25, -0.2) is 0 Å². The van der Waals surface area contributed by atoms with Gasteiger partial charge in [-0.05, 0) is 93.5 Å². The van der Waals surface area contributed by atoms with Crippen LogP contribution in [0, 0.1) is 41.4 Å². The Morgan fingerprint density at radius 3 is 2.61 bits per heavy atom. The van der Waals surface area contributed by atoms with Crippen LogP contribution in [-0.2, 0) is 23.7 Å². The summed E-state index contributed by atoms with van der Waals surface area (Å²) in [6.07, 6.45) is 11.5. The molecule has 0 N–H and O–H groups in total. The molecule has 1 spiro atoms. The number of ether oxygens (including phenoxy) is 4. The summed E-state index contributed by atoms with van der Waals surface area (Å²) in [6.45, 7) is 15.1. The van der Waals surface area contributed by atoms with E-state index in [1.54, 1.807) is 18.3 Å². The average Bonchev–Trinajstić information content (AvgIpc) is 3.38. The number of nitrogens with zero attached hydrogens (tertiary/aromatic N) is 1. The van der Waals surface area contributed by atoms with Gasteiger partial charge in [0.15, 0.2) is 5.78 Å². The van der Waals surface area contributed by atoms with Gasteiger partial charge in [-0.3, -0.25) is 9.69 Å². The van der Waals surface area contributed by atoms with E-state index in [4.69, 9.17) is 18.9 Å². The molecular formula is C35H55NO5. The second-order valence-electron chi connectivity index (χ2n) is 14.6. The summed E-state index contributed by atoms with van der Waals surface area (Å²) in [5, 5.41) is 0. The van der Waals surface area contributed by atoms with Crippen LogP contribution in [0.4, 0.5) is 0 Å². The zero-order chi connectivity index (χ0) is 28.7. The van der Waals surface area contributed by atoms with E-state index in [9.17, 15) is 4.79 Å². The predicted molar refractivity (Wildman–Crippen MR) is 161 cm³/mol. The minimum atomic E-state index is -0.0328. The first-order valence-corrected chi connectivity index (χ1v) is 16.8. The first-order chi connectivity index (χ1) is 19.8. The Morgan fingerprint density at radius 1 is 1.02 bits per heavy atom. The van der Waals surface area contributed by atoms with Crippen molar-refractivity contribution in [2.45, 2.75) is 96.8 Å². The second-order valence-corrected chi connectivity index (χ2v) is 14.6. The standard InChI is InChI=1S/C35H55NO5/c1-22-16-32-34(36(21-22)10-11-39-14-15-40-13-12-38-5)25(4)35(41-32)9-8-29-28-7-6-26-18-27(37)17-23(2)33(26)31(28)19-30(29)24(3)20-35/h18,22-23,25,28-29,31-34H,6-17,19-21H2,1-5H3/t22-,23+,25+,28-,29-,31-,32+,33?,34-,35-/m0/s1. The van der Waals surface area contributed by atoms with Crippen LogP contribution in [0.3, 0.4) is 0 Å². The number of likely N-dealkylation sites (tertiary alicyclic amines) is 1. The van der Waals surface area contributed by atoms with Crippen LogP contribution >= 0.6 is 0 Å². The van der Waals surface area contributed by atoms with E-state index in [0.29, 0.717) is 68.0 Å². The first-order valence-electron chi connectivity index (χ1n) is 16.8. The van der Waals surface area contributed by atoms with Crippen molar-refractivity contribution in [2.75, 3.05) is 53.2 Å². The summed E-state index contributed by atoms with van der Waals surface area (Å²) in [5.74, 6) is 4.93. The maximum Gasteiger partial charge on any atom is 0.155 e. The van der Waals surface area contributed by atoms with Crippen molar-refractivity contribution in [2.24, 2.45) is 41.4 Å². The number of hydrogen-bond acceptors (Lipinski definition) is 6. The van der Waals surface area contributed by atoms with E-state index >= 15 is 0 Å². The lowest BCUT2D eigenvalue weighted by atomic mass is 9.61. The van der Waals surface area contributed by atoms with Gasteiger partial charge in [-0.15, -0.1) is 0 Å². The van der Waals surface area contributed by atoms with E-state index in [2.05, 4.69) is 32.6 Å². The van der Waals surface area contributed by atoms with Crippen molar-refractivity contribution < 1.29 is 23.7 Å². The zero-order valence-electron chi connectivity index (χ0n) is 26.4. The Labute approximate surface area is 248 Å². The van der Waals surface area contributed by atoms with Crippen molar-refractivity contribution in [3.05, 3.63) is 22.8 Å². The van der Waals surface area contributed by atoms with Crippen molar-refractivity contribution >= 4 is 5.78 Å². The molecule has 6 heteroatoms. The van der Waals surface area contributed by atoms with Gasteiger partial charge in [0.2, 0.25) is 0 Å². The lowest BCUT2D eigenvalue weighted by Gasteiger charge is -2.43. The SMILES string of the molecule is COCCOCCOCCN1C[C@@H](C)C[C@H]2O[C@]3(CC[C@@H]4C(=C(C)C3)C[C@@H]3C5C(=CC(=O)C[C@H]5C)CC[C@@H]43)[C@H](C)[C@@H]21. The number of methoxy groups -OCH3 is 1. The Kier molecular flexibility index (Phi) is 9.16. The minimum Gasteiger partial charge on any atom is -0.382 e. The van der Waals surface area contributed by atoms with Crippen molar-refractivity contribution in [1.29, 1.82) is 0 Å². The third-order valence-corrected chi connectivity index (χ3v) is 12.1. The topological polar surface area (TPSA) is 57.2 Å². The normalized spacial score (nSPS) is 42.5. The summed E-state index contributed by atoms with van der Waals surface area (Å²) >= 11 is 0. The largest absolute Gasteiger partial charge is 0.382 e. The number of ketones is 1. The van der Waals surface area contributed by atoms with Gasteiger partial charge >= 0.3 is 0 Å². The molecular weight excluding hydrogens is 514 g/mol. The van der Waals surface area contributed by atoms with E-state index in [-0.39, 0.29) is 5.60 Å². The molecule has 0 amide bonds. The third kappa shape index (κ3) is 5.78. The van der Waals surface area contributed by atoms with Gasteiger partial charge in [-0.1, -0.05) is 37.5 Å². The molecule has 4 aliphatic carbocycles. The number of hydrogen-bond donors (Lipinski definition) is 0. The van der Waals surface area contributed by atoms with Gasteiger partial charge in [0.25, 0.3) is 0 Å².